The molecular weight excluding hydrogens is 427 g/mol. The number of amides is 1. The van der Waals surface area contributed by atoms with Crippen molar-refractivity contribution >= 4 is 51.5 Å². The highest BCUT2D eigenvalue weighted by molar-refractivity contribution is 14.1. The van der Waals surface area contributed by atoms with Gasteiger partial charge in [0.15, 0.2) is 5.75 Å². The molecule has 1 heterocycles. The highest BCUT2D eigenvalue weighted by Gasteiger charge is 2.25. The van der Waals surface area contributed by atoms with Gasteiger partial charge in [0.1, 0.15) is 0 Å². The van der Waals surface area contributed by atoms with Crippen LogP contribution in [0.15, 0.2) is 30.3 Å². The number of nitrogens with zero attached hydrogens (tertiary/aromatic N) is 1. The monoisotopic (exact) mass is 438 g/mol. The van der Waals surface area contributed by atoms with Crippen molar-refractivity contribution in [2.75, 3.05) is 12.4 Å². The number of nitrogens with one attached hydrogen (secondary N) is 1. The molecule has 1 amide bonds. The smallest absolute Gasteiger partial charge is 0.315 e. The first-order chi connectivity index (χ1) is 11.4. The summed E-state index contributed by atoms with van der Waals surface area (Å²) in [5.74, 6) is -0.866. The minimum atomic E-state index is -0.703. The Morgan fingerprint density at radius 1 is 1.33 bits per heavy atom. The highest BCUT2D eigenvalue weighted by atomic mass is 127. The van der Waals surface area contributed by atoms with E-state index in [-0.39, 0.29) is 11.7 Å². The third-order valence-electron chi connectivity index (χ3n) is 3.57. The Morgan fingerprint density at radius 2 is 2.08 bits per heavy atom. The third kappa shape index (κ3) is 2.80. The summed E-state index contributed by atoms with van der Waals surface area (Å²) in [5.41, 5.74) is 1.70. The Kier molecular flexibility index (Phi) is 4.14. The first kappa shape index (κ1) is 16.2. The molecule has 3 rings (SSSR count). The molecule has 2 aromatic rings. The Labute approximate surface area is 150 Å². The van der Waals surface area contributed by atoms with Crippen LogP contribution in [0.5, 0.6) is 11.5 Å². The van der Waals surface area contributed by atoms with E-state index in [9.17, 15) is 20.0 Å². The van der Waals surface area contributed by atoms with Crippen molar-refractivity contribution in [2.45, 2.75) is 0 Å². The fourth-order valence-electron chi connectivity index (χ4n) is 2.46. The Balaban J connectivity index is 2.16. The third-order valence-corrected chi connectivity index (χ3v) is 4.24. The van der Waals surface area contributed by atoms with Crippen molar-refractivity contribution in [1.29, 1.82) is 0 Å². The van der Waals surface area contributed by atoms with Crippen LogP contribution < -0.4 is 10.1 Å². The Hall–Kier alpha value is -2.62. The number of carbonyl (C=O) groups is 1. The number of ether oxygens (including phenoxy) is 1. The summed E-state index contributed by atoms with van der Waals surface area (Å²) in [6.45, 7) is 0. The number of phenols is 1. The van der Waals surface area contributed by atoms with E-state index in [4.69, 9.17) is 4.74 Å². The lowest BCUT2D eigenvalue weighted by atomic mass is 10.0. The molecule has 2 N–H and O–H groups in total. The standard InChI is InChI=1S/C16H11IN2O5/c1-24-14-6-8(5-13(15(14)20)19(22)23)4-11-10-7-9(17)2-3-12(10)18-16(11)21/h2-7,20H,1H3,(H,18,21). The number of rotatable bonds is 3. The van der Waals surface area contributed by atoms with Crippen LogP contribution >= 0.6 is 22.6 Å². The largest absolute Gasteiger partial charge is 0.500 e. The number of hydrogen-bond donors (Lipinski definition) is 2. The van der Waals surface area contributed by atoms with Gasteiger partial charge in [0.25, 0.3) is 5.91 Å². The SMILES string of the molecule is COc1cc(C=C2C(=O)Nc3ccc(I)cc32)cc([N+](=O)[O-])c1O. The zero-order chi connectivity index (χ0) is 17.4. The summed E-state index contributed by atoms with van der Waals surface area (Å²) in [6.07, 6.45) is 1.53. The minimum absolute atomic E-state index is 0.0303. The molecule has 0 aliphatic carbocycles. The molecule has 7 nitrogen and oxygen atoms in total. The summed E-state index contributed by atoms with van der Waals surface area (Å²) in [5, 5.41) is 23.6. The molecule has 0 spiro atoms. The number of benzene rings is 2. The first-order valence-electron chi connectivity index (χ1n) is 6.79. The number of carbonyl (C=O) groups excluding carboxylic acids is 1. The van der Waals surface area contributed by atoms with E-state index in [1.165, 1.54) is 25.3 Å². The molecule has 122 valence electrons. The van der Waals surface area contributed by atoms with Gasteiger partial charge in [-0.1, -0.05) is 0 Å². The average molecular weight is 438 g/mol. The fourth-order valence-corrected chi connectivity index (χ4v) is 2.95. The molecule has 0 unspecified atom stereocenters. The van der Waals surface area contributed by atoms with Crippen LogP contribution in [0.3, 0.4) is 0 Å². The molecule has 24 heavy (non-hydrogen) atoms. The zero-order valence-electron chi connectivity index (χ0n) is 12.4. The lowest BCUT2D eigenvalue weighted by Crippen LogP contribution is -2.03. The van der Waals surface area contributed by atoms with Crippen molar-refractivity contribution in [3.05, 3.63) is 55.1 Å². The topological polar surface area (TPSA) is 102 Å². The van der Waals surface area contributed by atoms with E-state index in [1.54, 1.807) is 6.07 Å². The van der Waals surface area contributed by atoms with E-state index in [0.29, 0.717) is 16.8 Å². The number of anilines is 1. The lowest BCUT2D eigenvalue weighted by molar-refractivity contribution is -0.386. The summed E-state index contributed by atoms with van der Waals surface area (Å²) >= 11 is 2.14. The molecular formula is C16H11IN2O5. The zero-order valence-corrected chi connectivity index (χ0v) is 14.5. The first-order valence-corrected chi connectivity index (χ1v) is 7.87. The van der Waals surface area contributed by atoms with E-state index in [2.05, 4.69) is 27.9 Å². The molecule has 1 aliphatic heterocycles. The van der Waals surface area contributed by atoms with E-state index >= 15 is 0 Å². The lowest BCUT2D eigenvalue weighted by Gasteiger charge is -2.06. The molecule has 0 saturated carbocycles. The van der Waals surface area contributed by atoms with Crippen LogP contribution in [0.1, 0.15) is 11.1 Å². The van der Waals surface area contributed by atoms with Crippen molar-refractivity contribution in [3.8, 4) is 11.5 Å². The van der Waals surface area contributed by atoms with Crippen LogP contribution in [0.25, 0.3) is 11.6 Å². The van der Waals surface area contributed by atoms with Crippen LogP contribution in [0, 0.1) is 13.7 Å². The van der Waals surface area contributed by atoms with Gasteiger partial charge in [-0.15, -0.1) is 0 Å². The molecule has 0 radical (unpaired) electrons. The summed E-state index contributed by atoms with van der Waals surface area (Å²) in [7, 11) is 1.30. The van der Waals surface area contributed by atoms with Gasteiger partial charge >= 0.3 is 5.69 Å². The van der Waals surface area contributed by atoms with Gasteiger partial charge in [0.2, 0.25) is 5.75 Å². The second kappa shape index (κ2) is 6.11. The summed E-state index contributed by atoms with van der Waals surface area (Å²) in [4.78, 5) is 22.6. The van der Waals surface area contributed by atoms with Gasteiger partial charge in [-0.3, -0.25) is 14.9 Å². The van der Waals surface area contributed by atoms with Gasteiger partial charge in [0, 0.05) is 26.5 Å². The number of fused-ring (bicyclic) bond motifs is 1. The molecule has 0 bridgehead atoms. The second-order valence-electron chi connectivity index (χ2n) is 5.05. The van der Waals surface area contributed by atoms with E-state index in [0.717, 1.165) is 9.13 Å². The molecule has 0 fully saturated rings. The molecule has 2 aromatic carbocycles. The van der Waals surface area contributed by atoms with Gasteiger partial charge in [-0.25, -0.2) is 0 Å². The quantitative estimate of drug-likeness (QED) is 0.331. The fraction of sp³-hybridized carbons (Fsp3) is 0.0625. The molecule has 0 saturated heterocycles. The van der Waals surface area contributed by atoms with Crippen LogP contribution in [-0.4, -0.2) is 23.0 Å². The Bertz CT molecular complexity index is 908. The van der Waals surface area contributed by atoms with Crippen molar-refractivity contribution in [3.63, 3.8) is 0 Å². The number of hydrogen-bond acceptors (Lipinski definition) is 5. The summed E-state index contributed by atoms with van der Waals surface area (Å²) in [6, 6.07) is 8.16. The number of aromatic hydroxyl groups is 1. The molecule has 0 atom stereocenters. The van der Waals surface area contributed by atoms with Crippen molar-refractivity contribution < 1.29 is 19.6 Å². The number of halogens is 1. The predicted octanol–water partition coefficient (Wildman–Crippen LogP) is 3.41. The highest BCUT2D eigenvalue weighted by Crippen LogP contribution is 2.39. The van der Waals surface area contributed by atoms with E-state index < -0.39 is 16.4 Å². The molecule has 8 heteroatoms. The maximum atomic E-state index is 12.2. The van der Waals surface area contributed by atoms with Gasteiger partial charge in [-0.2, -0.15) is 0 Å². The number of nitro groups is 1. The number of phenolic OH excluding ortho intramolecular Hbond substituents is 1. The van der Waals surface area contributed by atoms with E-state index in [1.807, 2.05) is 12.1 Å². The van der Waals surface area contributed by atoms with Crippen LogP contribution in [0.4, 0.5) is 11.4 Å². The molecule has 0 aromatic heterocycles. The minimum Gasteiger partial charge on any atom is -0.500 e. The van der Waals surface area contributed by atoms with Gasteiger partial charge in [-0.05, 0) is 58.5 Å². The van der Waals surface area contributed by atoms with Crippen molar-refractivity contribution in [1.82, 2.24) is 0 Å². The number of methoxy groups -OCH3 is 1. The Morgan fingerprint density at radius 3 is 2.75 bits per heavy atom. The number of nitro benzene ring substituents is 1. The van der Waals surface area contributed by atoms with Crippen LogP contribution in [-0.2, 0) is 4.79 Å². The predicted molar refractivity (Wildman–Crippen MR) is 97.0 cm³/mol. The normalized spacial score (nSPS) is 14.4. The summed E-state index contributed by atoms with van der Waals surface area (Å²) < 4.78 is 5.93. The van der Waals surface area contributed by atoms with Gasteiger partial charge < -0.3 is 15.2 Å². The average Bonchev–Trinajstić information content (AvgIpc) is 2.84. The van der Waals surface area contributed by atoms with Gasteiger partial charge in [0.05, 0.1) is 12.0 Å². The maximum absolute atomic E-state index is 12.2. The maximum Gasteiger partial charge on any atom is 0.315 e. The molecule has 1 aliphatic rings. The van der Waals surface area contributed by atoms with Crippen molar-refractivity contribution in [2.24, 2.45) is 0 Å². The second-order valence-corrected chi connectivity index (χ2v) is 6.30. The van der Waals surface area contributed by atoms with Crippen LogP contribution in [0.2, 0.25) is 0 Å².